The van der Waals surface area contributed by atoms with Crippen molar-refractivity contribution >= 4 is 18.3 Å². The maximum atomic E-state index is 10.5. The van der Waals surface area contributed by atoms with E-state index in [0.717, 1.165) is 0 Å². The summed E-state index contributed by atoms with van der Waals surface area (Å²) in [5, 5.41) is 19.0. The molecule has 0 rings (SSSR count). The minimum Gasteiger partial charge on any atom is -0.481 e. The van der Waals surface area contributed by atoms with Crippen molar-refractivity contribution in [3.63, 3.8) is 0 Å². The van der Waals surface area contributed by atoms with Gasteiger partial charge in [-0.1, -0.05) is 6.42 Å². The monoisotopic (exact) mass is 203 g/mol. The van der Waals surface area contributed by atoms with Gasteiger partial charge >= 0.3 is 11.9 Å². The van der Waals surface area contributed by atoms with Crippen LogP contribution in [-0.4, -0.2) is 34.6 Å². The van der Waals surface area contributed by atoms with Gasteiger partial charge in [0.05, 0.1) is 0 Å². The molecular weight excluding hydrogens is 190 g/mol. The number of carbonyl (C=O) groups excluding carboxylic acids is 1. The fraction of sp³-hybridized carbons (Fsp3) is 0.625. The molecule has 6 nitrogen and oxygen atoms in total. The highest BCUT2D eigenvalue weighted by molar-refractivity contribution is 5.76. The Hall–Kier alpha value is -1.59. The van der Waals surface area contributed by atoms with E-state index in [9.17, 15) is 14.4 Å². The van der Waals surface area contributed by atoms with Crippen LogP contribution in [-0.2, 0) is 14.4 Å². The van der Waals surface area contributed by atoms with Gasteiger partial charge in [0.25, 0.3) is 0 Å². The molecule has 0 radical (unpaired) electrons. The molecule has 0 fully saturated rings. The summed E-state index contributed by atoms with van der Waals surface area (Å²) in [7, 11) is 0. The zero-order valence-corrected chi connectivity index (χ0v) is 7.60. The number of hydrogen-bond donors (Lipinski definition) is 3. The molecule has 0 aliphatic carbocycles. The summed E-state index contributed by atoms with van der Waals surface area (Å²) in [6.45, 7) is 0. The van der Waals surface area contributed by atoms with Gasteiger partial charge < -0.3 is 15.5 Å². The molecule has 6 heteroatoms. The quantitative estimate of drug-likeness (QED) is 0.375. The van der Waals surface area contributed by atoms with Crippen LogP contribution in [0, 0.1) is 0 Å². The van der Waals surface area contributed by atoms with Gasteiger partial charge in [-0.05, 0) is 12.8 Å². The molecule has 14 heavy (non-hydrogen) atoms. The molecule has 0 saturated heterocycles. The maximum Gasteiger partial charge on any atom is 0.326 e. The summed E-state index contributed by atoms with van der Waals surface area (Å²) < 4.78 is 0. The number of unbranched alkanes of at least 4 members (excludes halogenated alkanes) is 1. The average molecular weight is 203 g/mol. The van der Waals surface area contributed by atoms with Gasteiger partial charge in [-0.3, -0.25) is 9.59 Å². The zero-order chi connectivity index (χ0) is 11.0. The van der Waals surface area contributed by atoms with Crippen LogP contribution in [0.15, 0.2) is 0 Å². The Kier molecular flexibility index (Phi) is 6.09. The van der Waals surface area contributed by atoms with E-state index in [1.165, 1.54) is 0 Å². The van der Waals surface area contributed by atoms with E-state index in [0.29, 0.717) is 19.3 Å². The van der Waals surface area contributed by atoms with Crippen LogP contribution < -0.4 is 5.32 Å². The Morgan fingerprint density at radius 3 is 2.36 bits per heavy atom. The van der Waals surface area contributed by atoms with Crippen molar-refractivity contribution in [3.05, 3.63) is 0 Å². The molecule has 0 saturated carbocycles. The number of nitrogens with one attached hydrogen (secondary N) is 1. The summed E-state index contributed by atoms with van der Waals surface area (Å²) >= 11 is 0. The van der Waals surface area contributed by atoms with Crippen LogP contribution in [0.4, 0.5) is 0 Å². The Morgan fingerprint density at radius 1 is 1.29 bits per heavy atom. The number of amides is 1. The van der Waals surface area contributed by atoms with Gasteiger partial charge in [0, 0.05) is 6.42 Å². The van der Waals surface area contributed by atoms with Crippen LogP contribution in [0.2, 0.25) is 0 Å². The van der Waals surface area contributed by atoms with Crippen molar-refractivity contribution < 1.29 is 24.6 Å². The van der Waals surface area contributed by atoms with E-state index in [2.05, 4.69) is 5.32 Å². The first-order valence-corrected chi connectivity index (χ1v) is 4.22. The predicted molar refractivity (Wildman–Crippen MR) is 46.7 cm³/mol. The summed E-state index contributed by atoms with van der Waals surface area (Å²) in [6.07, 6.45) is 1.48. The lowest BCUT2D eigenvalue weighted by Gasteiger charge is -2.09. The van der Waals surface area contributed by atoms with Crippen molar-refractivity contribution in [2.45, 2.75) is 31.7 Å². The Labute approximate surface area is 80.9 Å². The minimum absolute atomic E-state index is 0.0213. The first-order chi connectivity index (χ1) is 6.57. The second kappa shape index (κ2) is 6.88. The molecule has 0 heterocycles. The van der Waals surface area contributed by atoms with E-state index in [-0.39, 0.29) is 12.8 Å². The number of carboxylic acid groups (broad SMARTS) is 2. The van der Waals surface area contributed by atoms with E-state index >= 15 is 0 Å². The topological polar surface area (TPSA) is 104 Å². The molecule has 1 atom stereocenters. The smallest absolute Gasteiger partial charge is 0.326 e. The normalized spacial score (nSPS) is 11.7. The van der Waals surface area contributed by atoms with Crippen LogP contribution in [0.25, 0.3) is 0 Å². The van der Waals surface area contributed by atoms with Crippen LogP contribution in [0.3, 0.4) is 0 Å². The number of aliphatic carboxylic acids is 2. The SMILES string of the molecule is O=CNC(CCCCC(=O)O)C(=O)O. The molecule has 0 aromatic heterocycles. The molecular formula is C8H13NO5. The van der Waals surface area contributed by atoms with Gasteiger partial charge in [0.2, 0.25) is 6.41 Å². The van der Waals surface area contributed by atoms with Crippen LogP contribution in [0.5, 0.6) is 0 Å². The molecule has 0 aliphatic rings. The van der Waals surface area contributed by atoms with Crippen molar-refractivity contribution in [1.82, 2.24) is 5.32 Å². The van der Waals surface area contributed by atoms with E-state index < -0.39 is 18.0 Å². The van der Waals surface area contributed by atoms with Gasteiger partial charge in [0.1, 0.15) is 6.04 Å². The first kappa shape index (κ1) is 12.4. The number of hydrogen-bond acceptors (Lipinski definition) is 3. The third-order valence-corrected chi connectivity index (χ3v) is 1.70. The van der Waals surface area contributed by atoms with Crippen molar-refractivity contribution in [1.29, 1.82) is 0 Å². The molecule has 0 aliphatic heterocycles. The third-order valence-electron chi connectivity index (χ3n) is 1.70. The lowest BCUT2D eigenvalue weighted by Crippen LogP contribution is -2.35. The summed E-state index contributed by atoms with van der Waals surface area (Å²) in [5.74, 6) is -2.01. The number of rotatable bonds is 8. The van der Waals surface area contributed by atoms with Crippen molar-refractivity contribution in [2.75, 3.05) is 0 Å². The second-order valence-corrected chi connectivity index (χ2v) is 2.81. The molecule has 0 bridgehead atoms. The zero-order valence-electron chi connectivity index (χ0n) is 7.60. The Balaban J connectivity index is 3.66. The molecule has 1 unspecified atom stereocenters. The highest BCUT2D eigenvalue weighted by atomic mass is 16.4. The Bertz CT molecular complexity index is 216. The van der Waals surface area contributed by atoms with Gasteiger partial charge in [0.15, 0.2) is 0 Å². The van der Waals surface area contributed by atoms with Crippen LogP contribution in [0.1, 0.15) is 25.7 Å². The lowest BCUT2D eigenvalue weighted by atomic mass is 10.1. The number of carboxylic acids is 2. The summed E-state index contributed by atoms with van der Waals surface area (Å²) in [4.78, 5) is 30.6. The highest BCUT2D eigenvalue weighted by Crippen LogP contribution is 2.03. The molecule has 0 aromatic rings. The fourth-order valence-corrected chi connectivity index (χ4v) is 0.985. The molecule has 3 N–H and O–H groups in total. The highest BCUT2D eigenvalue weighted by Gasteiger charge is 2.15. The molecule has 0 aromatic carbocycles. The fourth-order valence-electron chi connectivity index (χ4n) is 0.985. The van der Waals surface area contributed by atoms with Gasteiger partial charge in [-0.25, -0.2) is 4.79 Å². The van der Waals surface area contributed by atoms with Gasteiger partial charge in [-0.2, -0.15) is 0 Å². The summed E-state index contributed by atoms with van der Waals surface area (Å²) in [6, 6.07) is -0.915. The predicted octanol–water partition coefficient (Wildman–Crippen LogP) is -0.169. The first-order valence-electron chi connectivity index (χ1n) is 4.22. The minimum atomic E-state index is -1.10. The second-order valence-electron chi connectivity index (χ2n) is 2.81. The molecule has 0 spiro atoms. The maximum absolute atomic E-state index is 10.5. The van der Waals surface area contributed by atoms with E-state index in [1.54, 1.807) is 0 Å². The van der Waals surface area contributed by atoms with Crippen molar-refractivity contribution in [3.8, 4) is 0 Å². The van der Waals surface area contributed by atoms with Crippen LogP contribution >= 0.6 is 0 Å². The standard InChI is InChI=1S/C8H13NO5/c10-5-9-6(8(13)14)3-1-2-4-7(11)12/h5-6H,1-4H2,(H,9,10)(H,11,12)(H,13,14). The van der Waals surface area contributed by atoms with E-state index in [4.69, 9.17) is 10.2 Å². The largest absolute Gasteiger partial charge is 0.481 e. The van der Waals surface area contributed by atoms with Gasteiger partial charge in [-0.15, -0.1) is 0 Å². The Morgan fingerprint density at radius 2 is 1.93 bits per heavy atom. The molecule has 1 amide bonds. The average Bonchev–Trinajstić information content (AvgIpc) is 2.09. The van der Waals surface area contributed by atoms with Crippen molar-refractivity contribution in [2.24, 2.45) is 0 Å². The molecule has 80 valence electrons. The number of carbonyl (C=O) groups is 3. The van der Waals surface area contributed by atoms with E-state index in [1.807, 2.05) is 0 Å². The summed E-state index contributed by atoms with van der Waals surface area (Å²) in [5.41, 5.74) is 0. The third kappa shape index (κ3) is 5.99. The lowest BCUT2D eigenvalue weighted by molar-refractivity contribution is -0.140.